The number of halogens is 3. The van der Waals surface area contributed by atoms with Crippen molar-refractivity contribution < 1.29 is 26.4 Å². The Balaban J connectivity index is 1.64. The first-order valence-electron chi connectivity index (χ1n) is 8.04. The van der Waals surface area contributed by atoms with Crippen molar-refractivity contribution in [1.82, 2.24) is 4.98 Å². The SMILES string of the molecule is O=C(Nc1cccc(C(F)(F)F)c1)c1ccc(NC2CCS(=O)(=O)C2)cn1. The third-order valence-corrected chi connectivity index (χ3v) is 5.82. The zero-order valence-electron chi connectivity index (χ0n) is 14.0. The molecule has 1 aliphatic rings. The lowest BCUT2D eigenvalue weighted by atomic mass is 10.2. The number of alkyl halides is 3. The van der Waals surface area contributed by atoms with Crippen molar-refractivity contribution in [2.24, 2.45) is 0 Å². The van der Waals surface area contributed by atoms with Gasteiger partial charge in [-0.05, 0) is 36.8 Å². The second-order valence-electron chi connectivity index (χ2n) is 6.21. The fourth-order valence-electron chi connectivity index (χ4n) is 2.73. The molecule has 0 spiro atoms. The molecule has 2 N–H and O–H groups in total. The maximum Gasteiger partial charge on any atom is 0.416 e. The van der Waals surface area contributed by atoms with E-state index < -0.39 is 27.5 Å². The van der Waals surface area contributed by atoms with E-state index in [1.54, 1.807) is 6.07 Å². The van der Waals surface area contributed by atoms with Crippen LogP contribution in [0.1, 0.15) is 22.5 Å². The number of nitrogens with one attached hydrogen (secondary N) is 2. The fraction of sp³-hybridized carbons (Fsp3) is 0.294. The van der Waals surface area contributed by atoms with Crippen molar-refractivity contribution in [3.63, 3.8) is 0 Å². The van der Waals surface area contributed by atoms with E-state index >= 15 is 0 Å². The van der Waals surface area contributed by atoms with Gasteiger partial charge in [0.2, 0.25) is 0 Å². The van der Waals surface area contributed by atoms with Crippen LogP contribution in [0.4, 0.5) is 24.5 Å². The smallest absolute Gasteiger partial charge is 0.380 e. The molecule has 1 aromatic carbocycles. The number of sulfone groups is 1. The summed E-state index contributed by atoms with van der Waals surface area (Å²) in [7, 11) is -3.01. The molecule has 6 nitrogen and oxygen atoms in total. The number of carbonyl (C=O) groups is 1. The normalized spacial score (nSPS) is 18.9. The van der Waals surface area contributed by atoms with Crippen LogP contribution in [0.2, 0.25) is 0 Å². The Morgan fingerprint density at radius 1 is 1.15 bits per heavy atom. The van der Waals surface area contributed by atoms with Crippen LogP contribution in [0.15, 0.2) is 42.6 Å². The van der Waals surface area contributed by atoms with Crippen molar-refractivity contribution in [3.8, 4) is 0 Å². The van der Waals surface area contributed by atoms with E-state index in [0.717, 1.165) is 12.1 Å². The maximum atomic E-state index is 12.7. The minimum Gasteiger partial charge on any atom is -0.380 e. The Morgan fingerprint density at radius 2 is 1.93 bits per heavy atom. The molecule has 1 fully saturated rings. The van der Waals surface area contributed by atoms with Gasteiger partial charge in [-0.3, -0.25) is 4.79 Å². The molecule has 0 bridgehead atoms. The van der Waals surface area contributed by atoms with Crippen LogP contribution in [-0.4, -0.2) is 36.9 Å². The van der Waals surface area contributed by atoms with Gasteiger partial charge in [-0.25, -0.2) is 13.4 Å². The molecule has 1 unspecified atom stereocenters. The first kappa shape index (κ1) is 19.2. The summed E-state index contributed by atoms with van der Waals surface area (Å²) in [6.45, 7) is 0. The van der Waals surface area contributed by atoms with E-state index in [0.29, 0.717) is 12.1 Å². The van der Waals surface area contributed by atoms with Crippen LogP contribution in [0, 0.1) is 0 Å². The minimum atomic E-state index is -4.50. The Bertz CT molecular complexity index is 944. The summed E-state index contributed by atoms with van der Waals surface area (Å²) >= 11 is 0. The Hall–Kier alpha value is -2.62. The highest BCUT2D eigenvalue weighted by Gasteiger charge is 2.30. The van der Waals surface area contributed by atoms with E-state index in [1.165, 1.54) is 24.4 Å². The van der Waals surface area contributed by atoms with Gasteiger partial charge in [0, 0.05) is 11.7 Å². The molecule has 10 heteroatoms. The van der Waals surface area contributed by atoms with E-state index in [2.05, 4.69) is 15.6 Å². The predicted octanol–water partition coefficient (Wildman–Crippen LogP) is 2.95. The number of aromatic nitrogens is 1. The van der Waals surface area contributed by atoms with E-state index in [4.69, 9.17) is 0 Å². The van der Waals surface area contributed by atoms with Gasteiger partial charge in [-0.1, -0.05) is 6.07 Å². The van der Waals surface area contributed by atoms with Crippen LogP contribution in [0.3, 0.4) is 0 Å². The van der Waals surface area contributed by atoms with E-state index in [9.17, 15) is 26.4 Å². The second kappa shape index (κ2) is 7.18. The summed E-state index contributed by atoms with van der Waals surface area (Å²) in [6.07, 6.45) is -2.62. The van der Waals surface area contributed by atoms with Crippen LogP contribution < -0.4 is 10.6 Å². The number of amides is 1. The van der Waals surface area contributed by atoms with Crippen molar-refractivity contribution in [2.75, 3.05) is 22.1 Å². The van der Waals surface area contributed by atoms with Gasteiger partial charge in [0.15, 0.2) is 9.84 Å². The highest BCUT2D eigenvalue weighted by molar-refractivity contribution is 7.91. The quantitative estimate of drug-likeness (QED) is 0.825. The number of hydrogen-bond acceptors (Lipinski definition) is 5. The molecular weight excluding hydrogens is 383 g/mol. The fourth-order valence-corrected chi connectivity index (χ4v) is 4.40. The largest absolute Gasteiger partial charge is 0.416 e. The second-order valence-corrected chi connectivity index (χ2v) is 8.44. The summed E-state index contributed by atoms with van der Waals surface area (Å²) < 4.78 is 61.1. The molecule has 1 amide bonds. The lowest BCUT2D eigenvalue weighted by Gasteiger charge is -2.12. The highest BCUT2D eigenvalue weighted by Crippen LogP contribution is 2.30. The number of anilines is 2. The molecule has 1 atom stereocenters. The Kier molecular flexibility index (Phi) is 5.09. The van der Waals surface area contributed by atoms with Crippen molar-refractivity contribution in [3.05, 3.63) is 53.9 Å². The summed E-state index contributed by atoms with van der Waals surface area (Å²) in [6, 6.07) is 7.08. The number of rotatable bonds is 4. The van der Waals surface area contributed by atoms with Gasteiger partial charge in [0.1, 0.15) is 5.69 Å². The predicted molar refractivity (Wildman–Crippen MR) is 94.3 cm³/mol. The maximum absolute atomic E-state index is 12.7. The van der Waals surface area contributed by atoms with Gasteiger partial charge >= 0.3 is 6.18 Å². The molecule has 0 saturated carbocycles. The molecule has 2 heterocycles. The number of nitrogens with zero attached hydrogens (tertiary/aromatic N) is 1. The standard InChI is InChI=1S/C17H16F3N3O3S/c18-17(19,20)11-2-1-3-12(8-11)23-16(24)15-5-4-13(9-21-15)22-14-6-7-27(25,26)10-14/h1-5,8-9,14,22H,6-7,10H2,(H,23,24). The molecule has 0 aliphatic carbocycles. The van der Waals surface area contributed by atoms with Crippen molar-refractivity contribution in [1.29, 1.82) is 0 Å². The van der Waals surface area contributed by atoms with Crippen LogP contribution in [0.25, 0.3) is 0 Å². The van der Waals surface area contributed by atoms with Gasteiger partial charge in [-0.2, -0.15) is 13.2 Å². The Morgan fingerprint density at radius 3 is 2.52 bits per heavy atom. The zero-order valence-corrected chi connectivity index (χ0v) is 14.8. The third-order valence-electron chi connectivity index (χ3n) is 4.05. The third kappa shape index (κ3) is 4.97. The van der Waals surface area contributed by atoms with Crippen molar-refractivity contribution in [2.45, 2.75) is 18.6 Å². The minimum absolute atomic E-state index is 0.00925. The van der Waals surface area contributed by atoms with Crippen LogP contribution in [-0.2, 0) is 16.0 Å². The first-order valence-corrected chi connectivity index (χ1v) is 9.86. The van der Waals surface area contributed by atoms with Crippen LogP contribution in [0.5, 0.6) is 0 Å². The average molecular weight is 399 g/mol. The summed E-state index contributed by atoms with van der Waals surface area (Å²) in [5.74, 6) is -0.468. The molecule has 144 valence electrons. The van der Waals surface area contributed by atoms with Crippen LogP contribution >= 0.6 is 0 Å². The summed E-state index contributed by atoms with van der Waals surface area (Å²) in [5, 5.41) is 5.41. The molecular formula is C17H16F3N3O3S. The van der Waals surface area contributed by atoms with Gasteiger partial charge in [-0.15, -0.1) is 0 Å². The van der Waals surface area contributed by atoms with Gasteiger partial charge < -0.3 is 10.6 Å². The first-order chi connectivity index (χ1) is 12.6. The molecule has 1 aromatic heterocycles. The molecule has 0 radical (unpaired) electrons. The Labute approximate surface area is 153 Å². The number of pyridine rings is 1. The molecule has 1 saturated heterocycles. The average Bonchev–Trinajstić information content (AvgIpc) is 2.93. The monoisotopic (exact) mass is 399 g/mol. The number of benzene rings is 1. The van der Waals surface area contributed by atoms with E-state index in [1.807, 2.05) is 0 Å². The summed E-state index contributed by atoms with van der Waals surface area (Å²) in [5.41, 5.74) is -0.265. The van der Waals surface area contributed by atoms with Crippen molar-refractivity contribution >= 4 is 27.1 Å². The lowest BCUT2D eigenvalue weighted by molar-refractivity contribution is -0.137. The summed E-state index contributed by atoms with van der Waals surface area (Å²) in [4.78, 5) is 16.1. The number of hydrogen-bond donors (Lipinski definition) is 2. The molecule has 2 aromatic rings. The topological polar surface area (TPSA) is 88.2 Å². The van der Waals surface area contributed by atoms with Gasteiger partial charge in [0.25, 0.3) is 5.91 Å². The van der Waals surface area contributed by atoms with Gasteiger partial charge in [0.05, 0.1) is 29.0 Å². The highest BCUT2D eigenvalue weighted by atomic mass is 32.2. The molecule has 3 rings (SSSR count). The number of carbonyl (C=O) groups excluding carboxylic acids is 1. The molecule has 27 heavy (non-hydrogen) atoms. The zero-order chi connectivity index (χ0) is 19.7. The molecule has 1 aliphatic heterocycles. The lowest BCUT2D eigenvalue weighted by Crippen LogP contribution is -2.21. The van der Waals surface area contributed by atoms with E-state index in [-0.39, 0.29) is 28.9 Å².